The van der Waals surface area contributed by atoms with Crippen LogP contribution in [-0.4, -0.2) is 48.1 Å². The molecule has 0 saturated heterocycles. The molecule has 0 radical (unpaired) electrons. The number of ether oxygens (including phenoxy) is 1. The molecule has 10 heteroatoms. The van der Waals surface area contributed by atoms with Gasteiger partial charge in [0.2, 0.25) is 11.8 Å². The van der Waals surface area contributed by atoms with E-state index in [2.05, 4.69) is 27.2 Å². The molecule has 0 aromatic carbocycles. The van der Waals surface area contributed by atoms with Gasteiger partial charge in [0.1, 0.15) is 0 Å². The number of guanidine groups is 1. The number of methoxy groups -OCH3 is 1. The zero-order chi connectivity index (χ0) is 20.7. The van der Waals surface area contributed by atoms with Gasteiger partial charge in [0, 0.05) is 36.0 Å². The molecule has 1 fully saturated rings. The van der Waals surface area contributed by atoms with E-state index in [-0.39, 0.29) is 23.3 Å². The van der Waals surface area contributed by atoms with Gasteiger partial charge in [0.15, 0.2) is 11.5 Å². The minimum atomic E-state index is -0.943. The number of anilines is 1. The number of primary amides is 1. The predicted octanol–water partition coefficient (Wildman–Crippen LogP) is 0.628. The van der Waals surface area contributed by atoms with E-state index in [9.17, 15) is 4.79 Å². The molecule has 1 aromatic heterocycles. The van der Waals surface area contributed by atoms with E-state index < -0.39 is 11.6 Å². The lowest BCUT2D eigenvalue weighted by atomic mass is 9.72. The summed E-state index contributed by atoms with van der Waals surface area (Å²) in [5, 5.41) is 10.7. The van der Waals surface area contributed by atoms with Gasteiger partial charge in [-0.25, -0.2) is 4.98 Å². The summed E-state index contributed by atoms with van der Waals surface area (Å²) in [6.45, 7) is 2.51. The number of carbonyl (C=O) groups excluding carboxylic acids is 1. The summed E-state index contributed by atoms with van der Waals surface area (Å²) >= 11 is 0. The number of nitrogens with zero attached hydrogens (tertiary/aromatic N) is 3. The van der Waals surface area contributed by atoms with Crippen molar-refractivity contribution in [3.05, 3.63) is 18.3 Å². The fraction of sp³-hybridized carbons (Fsp3) is 0.500. The van der Waals surface area contributed by atoms with Crippen LogP contribution in [0.15, 0.2) is 28.3 Å². The number of carbonyl (C=O) groups is 1. The molecule has 10 nitrogen and oxygen atoms in total. The Morgan fingerprint density at radius 2 is 2.21 bits per heavy atom. The number of pyridine rings is 1. The Labute approximate surface area is 164 Å². The number of hydrogen-bond donors (Lipinski definition) is 5. The summed E-state index contributed by atoms with van der Waals surface area (Å²) in [6, 6.07) is 3.26. The second kappa shape index (κ2) is 9.27. The van der Waals surface area contributed by atoms with E-state index in [1.54, 1.807) is 12.1 Å². The van der Waals surface area contributed by atoms with Crippen molar-refractivity contribution in [3.63, 3.8) is 0 Å². The van der Waals surface area contributed by atoms with E-state index in [0.29, 0.717) is 18.1 Å². The summed E-state index contributed by atoms with van der Waals surface area (Å²) in [5.74, 6) is -0.759. The number of amides is 1. The standard InChI is InChI=1S/C18H28N8O2/c1-18(7-4-3-5-12(18)19)10-24-17(22)26-16(14(20)15(21)27)25-11-6-8-23-13(9-11)28-2/h6,8-9,12,20H,3-5,7,10,19H2,1-2H3,(H2,21,27)(H3,22,23,24,25,26)/t12-,18+/m0/s1. The van der Waals surface area contributed by atoms with Crippen molar-refractivity contribution in [2.75, 3.05) is 19.0 Å². The Hall–Kier alpha value is -3.01. The first-order chi connectivity index (χ1) is 13.2. The average molecular weight is 388 g/mol. The molecule has 1 heterocycles. The number of amidine groups is 1. The fourth-order valence-electron chi connectivity index (χ4n) is 3.03. The Morgan fingerprint density at radius 1 is 1.46 bits per heavy atom. The molecular weight excluding hydrogens is 360 g/mol. The van der Waals surface area contributed by atoms with Crippen molar-refractivity contribution in [3.8, 4) is 5.88 Å². The van der Waals surface area contributed by atoms with Crippen LogP contribution in [0.1, 0.15) is 32.6 Å². The lowest BCUT2D eigenvalue weighted by Crippen LogP contribution is -2.44. The van der Waals surface area contributed by atoms with Gasteiger partial charge in [-0.1, -0.05) is 19.8 Å². The van der Waals surface area contributed by atoms with Gasteiger partial charge >= 0.3 is 0 Å². The summed E-state index contributed by atoms with van der Waals surface area (Å²) < 4.78 is 5.06. The average Bonchev–Trinajstić information content (AvgIpc) is 2.68. The van der Waals surface area contributed by atoms with Crippen molar-refractivity contribution in [1.82, 2.24) is 4.98 Å². The van der Waals surface area contributed by atoms with E-state index in [1.807, 2.05) is 0 Å². The van der Waals surface area contributed by atoms with Crippen LogP contribution in [0.25, 0.3) is 0 Å². The van der Waals surface area contributed by atoms with Crippen LogP contribution in [0.5, 0.6) is 5.88 Å². The smallest absolute Gasteiger partial charge is 0.270 e. The van der Waals surface area contributed by atoms with Crippen LogP contribution in [0.2, 0.25) is 0 Å². The van der Waals surface area contributed by atoms with Crippen LogP contribution in [-0.2, 0) is 4.79 Å². The molecule has 28 heavy (non-hydrogen) atoms. The minimum absolute atomic E-state index is 0.0487. The fourth-order valence-corrected chi connectivity index (χ4v) is 3.03. The highest BCUT2D eigenvalue weighted by Gasteiger charge is 2.33. The third-order valence-corrected chi connectivity index (χ3v) is 4.93. The van der Waals surface area contributed by atoms with Crippen molar-refractivity contribution >= 4 is 29.1 Å². The molecule has 2 rings (SSSR count). The lowest BCUT2D eigenvalue weighted by molar-refractivity contribution is -0.111. The van der Waals surface area contributed by atoms with Crippen LogP contribution in [0.4, 0.5) is 5.69 Å². The summed E-state index contributed by atoms with van der Waals surface area (Å²) in [5.41, 5.74) is 17.3. The highest BCUT2D eigenvalue weighted by atomic mass is 16.5. The van der Waals surface area contributed by atoms with Gasteiger partial charge in [-0.15, -0.1) is 0 Å². The highest BCUT2D eigenvalue weighted by Crippen LogP contribution is 2.35. The number of rotatable bonds is 6. The number of nitrogens with two attached hydrogens (primary N) is 3. The van der Waals surface area contributed by atoms with E-state index >= 15 is 0 Å². The summed E-state index contributed by atoms with van der Waals surface area (Å²) in [4.78, 5) is 23.9. The number of aromatic nitrogens is 1. The number of hydrogen-bond acceptors (Lipinski definition) is 6. The maximum absolute atomic E-state index is 11.5. The number of nitrogens with one attached hydrogen (secondary N) is 2. The van der Waals surface area contributed by atoms with E-state index in [0.717, 1.165) is 25.7 Å². The van der Waals surface area contributed by atoms with Gasteiger partial charge in [-0.05, 0) is 18.9 Å². The maximum Gasteiger partial charge on any atom is 0.270 e. The third kappa shape index (κ3) is 5.49. The van der Waals surface area contributed by atoms with Gasteiger partial charge < -0.3 is 27.3 Å². The van der Waals surface area contributed by atoms with Gasteiger partial charge in [0.25, 0.3) is 5.91 Å². The first-order valence-corrected chi connectivity index (χ1v) is 9.05. The van der Waals surface area contributed by atoms with Crippen molar-refractivity contribution in [2.45, 2.75) is 38.6 Å². The molecule has 2 atom stereocenters. The first kappa shape index (κ1) is 21.3. The zero-order valence-corrected chi connectivity index (χ0v) is 16.2. The highest BCUT2D eigenvalue weighted by molar-refractivity contribution is 6.67. The normalized spacial score (nSPS) is 23.2. The summed E-state index contributed by atoms with van der Waals surface area (Å²) in [6.07, 6.45) is 5.65. The second-order valence-corrected chi connectivity index (χ2v) is 7.09. The van der Waals surface area contributed by atoms with E-state index in [4.69, 9.17) is 27.3 Å². The van der Waals surface area contributed by atoms with Crippen molar-refractivity contribution in [2.24, 2.45) is 32.6 Å². The quantitative estimate of drug-likeness (QED) is 0.352. The Morgan fingerprint density at radius 3 is 2.86 bits per heavy atom. The first-order valence-electron chi connectivity index (χ1n) is 9.05. The van der Waals surface area contributed by atoms with Gasteiger partial charge in [0.05, 0.1) is 7.11 Å². The summed E-state index contributed by atoms with van der Waals surface area (Å²) in [7, 11) is 1.48. The van der Waals surface area contributed by atoms with Crippen LogP contribution in [0.3, 0.4) is 0 Å². The predicted molar refractivity (Wildman–Crippen MR) is 110 cm³/mol. The van der Waals surface area contributed by atoms with Crippen LogP contribution in [0, 0.1) is 10.8 Å². The van der Waals surface area contributed by atoms with Crippen molar-refractivity contribution in [1.29, 1.82) is 5.41 Å². The minimum Gasteiger partial charge on any atom is -0.481 e. The van der Waals surface area contributed by atoms with Gasteiger partial charge in [-0.2, -0.15) is 4.99 Å². The lowest BCUT2D eigenvalue weighted by Gasteiger charge is -2.38. The molecule has 1 aromatic rings. The monoisotopic (exact) mass is 388 g/mol. The van der Waals surface area contributed by atoms with Crippen LogP contribution >= 0.6 is 0 Å². The molecule has 1 amide bonds. The molecule has 1 aliphatic rings. The maximum atomic E-state index is 11.5. The Bertz CT molecular complexity index is 792. The van der Waals surface area contributed by atoms with Crippen molar-refractivity contribution < 1.29 is 9.53 Å². The molecule has 0 aliphatic heterocycles. The SMILES string of the molecule is COc1cc(NC(=NC(N)=NC[C@@]2(C)CCCC[C@@H]2N)C(=N)C(N)=O)ccn1. The zero-order valence-electron chi connectivity index (χ0n) is 16.2. The second-order valence-electron chi connectivity index (χ2n) is 7.09. The Kier molecular flexibility index (Phi) is 7.05. The molecular formula is C18H28N8O2. The molecule has 1 saturated carbocycles. The van der Waals surface area contributed by atoms with E-state index in [1.165, 1.54) is 13.3 Å². The topological polar surface area (TPSA) is 178 Å². The molecule has 0 unspecified atom stereocenters. The molecule has 8 N–H and O–H groups in total. The largest absolute Gasteiger partial charge is 0.481 e. The molecule has 152 valence electrons. The molecule has 0 spiro atoms. The third-order valence-electron chi connectivity index (χ3n) is 4.93. The van der Waals surface area contributed by atoms with Gasteiger partial charge in [-0.3, -0.25) is 15.2 Å². The van der Waals surface area contributed by atoms with Crippen LogP contribution < -0.4 is 27.3 Å². The molecule has 0 bridgehead atoms. The molecule has 1 aliphatic carbocycles. The Balaban J connectivity index is 2.22. The number of aliphatic imine (C=N–C) groups is 2.